The Morgan fingerprint density at radius 1 is 1.00 bits per heavy atom. The number of hydrogen-bond donors (Lipinski definition) is 1. The molecule has 6 nitrogen and oxygen atoms in total. The van der Waals surface area contributed by atoms with Crippen molar-refractivity contribution >= 4 is 22.4 Å². The third-order valence-electron chi connectivity index (χ3n) is 4.04. The molecule has 0 aliphatic heterocycles. The number of nitrogens with zero attached hydrogens (tertiary/aromatic N) is 3. The van der Waals surface area contributed by atoms with Gasteiger partial charge in [-0.3, -0.25) is 9.78 Å². The first-order chi connectivity index (χ1) is 12.8. The van der Waals surface area contributed by atoms with Crippen LogP contribution in [0.15, 0.2) is 71.5 Å². The Hall–Kier alpha value is -3.54. The molecule has 26 heavy (non-hydrogen) atoms. The van der Waals surface area contributed by atoms with Crippen LogP contribution in [0.25, 0.3) is 22.2 Å². The second-order valence-electron chi connectivity index (χ2n) is 5.82. The van der Waals surface area contributed by atoms with Crippen molar-refractivity contribution in [3.63, 3.8) is 0 Å². The molecule has 128 valence electrons. The van der Waals surface area contributed by atoms with Crippen LogP contribution in [0, 0.1) is 0 Å². The Bertz CT molecular complexity index is 1040. The van der Waals surface area contributed by atoms with Gasteiger partial charge in [0.25, 0.3) is 0 Å². The van der Waals surface area contributed by atoms with Crippen molar-refractivity contribution in [2.75, 3.05) is 5.32 Å². The Morgan fingerprint density at radius 2 is 1.81 bits per heavy atom. The Labute approximate surface area is 149 Å². The number of fused-ring (bicyclic) bond motifs is 1. The van der Waals surface area contributed by atoms with Crippen LogP contribution in [0.5, 0.6) is 0 Å². The van der Waals surface area contributed by atoms with Crippen LogP contribution in [0.4, 0.5) is 5.69 Å². The molecule has 0 unspecified atom stereocenters. The fraction of sp³-hybridized carbons (Fsp3) is 0.100. The number of nitrogens with one attached hydrogen (secondary N) is 1. The molecule has 6 heteroatoms. The van der Waals surface area contributed by atoms with Gasteiger partial charge in [0.15, 0.2) is 0 Å². The third kappa shape index (κ3) is 3.44. The third-order valence-corrected chi connectivity index (χ3v) is 4.04. The number of amides is 1. The minimum absolute atomic E-state index is 0.0926. The maximum absolute atomic E-state index is 12.3. The van der Waals surface area contributed by atoms with Crippen LogP contribution in [0.1, 0.15) is 12.3 Å². The zero-order chi connectivity index (χ0) is 17.8. The minimum Gasteiger partial charge on any atom is -0.339 e. The van der Waals surface area contributed by atoms with Crippen LogP contribution in [0.3, 0.4) is 0 Å². The molecular formula is C20H16N4O2. The lowest BCUT2D eigenvalue weighted by Gasteiger charge is -2.08. The first-order valence-corrected chi connectivity index (χ1v) is 8.30. The Balaban J connectivity index is 1.41. The van der Waals surface area contributed by atoms with E-state index in [0.29, 0.717) is 18.1 Å². The number of aromatic nitrogens is 3. The zero-order valence-electron chi connectivity index (χ0n) is 13.9. The molecule has 0 spiro atoms. The highest BCUT2D eigenvalue weighted by Gasteiger charge is 2.11. The maximum atomic E-state index is 12.3. The lowest BCUT2D eigenvalue weighted by atomic mass is 10.1. The molecule has 0 radical (unpaired) electrons. The molecule has 0 fully saturated rings. The van der Waals surface area contributed by atoms with Gasteiger partial charge in [-0.25, -0.2) is 0 Å². The maximum Gasteiger partial charge on any atom is 0.227 e. The van der Waals surface area contributed by atoms with Crippen molar-refractivity contribution in [3.05, 3.63) is 72.9 Å². The monoisotopic (exact) mass is 344 g/mol. The summed E-state index contributed by atoms with van der Waals surface area (Å²) < 4.78 is 5.23. The van der Waals surface area contributed by atoms with Crippen molar-refractivity contribution in [1.29, 1.82) is 0 Å². The Kier molecular flexibility index (Phi) is 4.38. The van der Waals surface area contributed by atoms with E-state index in [4.69, 9.17) is 4.52 Å². The molecule has 0 saturated heterocycles. The molecular weight excluding hydrogens is 328 g/mol. The number of aryl methyl sites for hydroxylation is 1. The zero-order valence-corrected chi connectivity index (χ0v) is 13.9. The van der Waals surface area contributed by atoms with Crippen LogP contribution in [0.2, 0.25) is 0 Å². The summed E-state index contributed by atoms with van der Waals surface area (Å²) >= 11 is 0. The quantitative estimate of drug-likeness (QED) is 0.594. The van der Waals surface area contributed by atoms with E-state index in [-0.39, 0.29) is 12.3 Å². The summed E-state index contributed by atoms with van der Waals surface area (Å²) in [5, 5.41) is 9.00. The van der Waals surface area contributed by atoms with E-state index in [1.807, 2.05) is 54.6 Å². The average Bonchev–Trinajstić information content (AvgIpc) is 3.17. The Morgan fingerprint density at radius 3 is 2.69 bits per heavy atom. The summed E-state index contributed by atoms with van der Waals surface area (Å²) in [4.78, 5) is 20.6. The van der Waals surface area contributed by atoms with E-state index in [2.05, 4.69) is 20.4 Å². The van der Waals surface area contributed by atoms with E-state index >= 15 is 0 Å². The van der Waals surface area contributed by atoms with Crippen LogP contribution < -0.4 is 5.32 Å². The number of pyridine rings is 1. The largest absolute Gasteiger partial charge is 0.339 e. The molecule has 4 aromatic rings. The molecule has 0 aliphatic rings. The predicted octanol–water partition coefficient (Wildman–Crippen LogP) is 3.86. The van der Waals surface area contributed by atoms with Crippen molar-refractivity contribution in [2.45, 2.75) is 12.8 Å². The van der Waals surface area contributed by atoms with Gasteiger partial charge in [-0.05, 0) is 23.6 Å². The van der Waals surface area contributed by atoms with Crippen molar-refractivity contribution in [1.82, 2.24) is 15.1 Å². The smallest absolute Gasteiger partial charge is 0.227 e. The van der Waals surface area contributed by atoms with Crippen LogP contribution >= 0.6 is 0 Å². The van der Waals surface area contributed by atoms with Crippen LogP contribution in [-0.4, -0.2) is 21.0 Å². The lowest BCUT2D eigenvalue weighted by molar-refractivity contribution is -0.116. The second kappa shape index (κ2) is 7.14. The fourth-order valence-corrected chi connectivity index (χ4v) is 2.74. The first kappa shape index (κ1) is 16.0. The minimum atomic E-state index is -0.0926. The number of carbonyl (C=O) groups is 1. The van der Waals surface area contributed by atoms with E-state index in [1.165, 1.54) is 0 Å². The molecule has 1 N–H and O–H groups in total. The summed E-state index contributed by atoms with van der Waals surface area (Å²) in [6.07, 6.45) is 3.99. The van der Waals surface area contributed by atoms with Crippen molar-refractivity contribution in [3.8, 4) is 11.4 Å². The van der Waals surface area contributed by atoms with Gasteiger partial charge in [-0.2, -0.15) is 4.98 Å². The van der Waals surface area contributed by atoms with Gasteiger partial charge in [0, 0.05) is 41.9 Å². The molecule has 2 aromatic carbocycles. The molecule has 0 aliphatic carbocycles. The normalized spacial score (nSPS) is 10.8. The number of hydrogen-bond acceptors (Lipinski definition) is 5. The summed E-state index contributed by atoms with van der Waals surface area (Å²) in [5.74, 6) is 0.840. The van der Waals surface area contributed by atoms with E-state index in [1.54, 1.807) is 12.4 Å². The number of anilines is 1. The SMILES string of the molecule is O=C(CCc1nc(-c2ccncc2)no1)Nc1cccc2ccccc12. The van der Waals surface area contributed by atoms with Crippen molar-refractivity contribution < 1.29 is 9.32 Å². The highest BCUT2D eigenvalue weighted by Crippen LogP contribution is 2.23. The van der Waals surface area contributed by atoms with Gasteiger partial charge in [0.1, 0.15) is 0 Å². The number of benzene rings is 2. The van der Waals surface area contributed by atoms with Crippen LogP contribution in [-0.2, 0) is 11.2 Å². The summed E-state index contributed by atoms with van der Waals surface area (Å²) in [5.41, 5.74) is 1.63. The second-order valence-corrected chi connectivity index (χ2v) is 5.82. The van der Waals surface area contributed by atoms with Crippen molar-refractivity contribution in [2.24, 2.45) is 0 Å². The molecule has 1 amide bonds. The molecule has 2 heterocycles. The molecule has 4 rings (SSSR count). The predicted molar refractivity (Wildman–Crippen MR) is 98.4 cm³/mol. The first-order valence-electron chi connectivity index (χ1n) is 8.30. The van der Waals surface area contributed by atoms with E-state index in [9.17, 15) is 4.79 Å². The van der Waals surface area contributed by atoms with Gasteiger partial charge < -0.3 is 9.84 Å². The highest BCUT2D eigenvalue weighted by atomic mass is 16.5. The molecule has 0 atom stereocenters. The highest BCUT2D eigenvalue weighted by molar-refractivity contribution is 6.02. The topological polar surface area (TPSA) is 80.9 Å². The molecule has 0 bridgehead atoms. The van der Waals surface area contributed by atoms with Gasteiger partial charge >= 0.3 is 0 Å². The molecule has 0 saturated carbocycles. The average molecular weight is 344 g/mol. The van der Waals surface area contributed by atoms with Gasteiger partial charge in [-0.15, -0.1) is 0 Å². The summed E-state index contributed by atoms with van der Waals surface area (Å²) in [7, 11) is 0. The molecule has 2 aromatic heterocycles. The van der Waals surface area contributed by atoms with Gasteiger partial charge in [0.2, 0.25) is 17.6 Å². The van der Waals surface area contributed by atoms with Gasteiger partial charge in [-0.1, -0.05) is 41.6 Å². The van der Waals surface area contributed by atoms with Gasteiger partial charge in [0.05, 0.1) is 0 Å². The van der Waals surface area contributed by atoms with E-state index < -0.39 is 0 Å². The fourth-order valence-electron chi connectivity index (χ4n) is 2.74. The number of carbonyl (C=O) groups excluding carboxylic acids is 1. The summed E-state index contributed by atoms with van der Waals surface area (Å²) in [6.45, 7) is 0. The standard InChI is InChI=1S/C20H16N4O2/c25-18(22-17-7-3-5-14-4-1-2-6-16(14)17)8-9-19-23-20(24-26-19)15-10-12-21-13-11-15/h1-7,10-13H,8-9H2,(H,22,25). The summed E-state index contributed by atoms with van der Waals surface area (Å²) in [6, 6.07) is 17.4. The van der Waals surface area contributed by atoms with E-state index in [0.717, 1.165) is 22.0 Å². The number of rotatable bonds is 5. The lowest BCUT2D eigenvalue weighted by Crippen LogP contribution is -2.12.